The molecular weight excluding hydrogens is 372 g/mol. The number of hydrogen-bond donors (Lipinski definition) is 3. The van der Waals surface area contributed by atoms with Crippen molar-refractivity contribution in [2.45, 2.75) is 0 Å². The van der Waals surface area contributed by atoms with Crippen LogP contribution in [0, 0.1) is 0 Å². The number of fused-ring (bicyclic) bond motifs is 1. The summed E-state index contributed by atoms with van der Waals surface area (Å²) in [5, 5.41) is 5.05. The van der Waals surface area contributed by atoms with Crippen LogP contribution in [0.3, 0.4) is 0 Å². The van der Waals surface area contributed by atoms with E-state index in [-0.39, 0.29) is 17.6 Å². The van der Waals surface area contributed by atoms with E-state index < -0.39 is 5.63 Å². The topological polar surface area (TPSA) is 164 Å². The highest BCUT2D eigenvalue weighted by Gasteiger charge is 2.11. The molecule has 10 heteroatoms. The quantitative estimate of drug-likeness (QED) is 0.270. The molecule has 0 amide bonds. The predicted octanol–water partition coefficient (Wildman–Crippen LogP) is 1.26. The molecule has 0 aliphatic rings. The first kappa shape index (κ1) is 17.9. The van der Waals surface area contributed by atoms with Gasteiger partial charge in [0.05, 0.1) is 5.69 Å². The van der Waals surface area contributed by atoms with E-state index in [1.807, 2.05) is 30.3 Å². The molecule has 0 fully saturated rings. The summed E-state index contributed by atoms with van der Waals surface area (Å²) >= 11 is 0. The average molecular weight is 388 g/mol. The number of nitrogens with two attached hydrogens (primary N) is 3. The molecule has 0 saturated carbocycles. The Morgan fingerprint density at radius 3 is 2.59 bits per heavy atom. The molecule has 0 unspecified atom stereocenters. The summed E-state index contributed by atoms with van der Waals surface area (Å²) in [6, 6.07) is 16.1. The first-order valence-corrected chi connectivity index (χ1v) is 8.49. The molecule has 2 heterocycles. The van der Waals surface area contributed by atoms with Crippen molar-refractivity contribution < 1.29 is 4.42 Å². The van der Waals surface area contributed by atoms with Crippen LogP contribution in [-0.2, 0) is 0 Å². The Morgan fingerprint density at radius 2 is 1.83 bits per heavy atom. The maximum atomic E-state index is 12.5. The highest BCUT2D eigenvalue weighted by atomic mass is 16.4. The molecule has 0 bridgehead atoms. The Hall–Kier alpha value is -4.47. The van der Waals surface area contributed by atoms with Crippen LogP contribution in [0.15, 0.2) is 80.1 Å². The van der Waals surface area contributed by atoms with Crippen molar-refractivity contribution in [1.29, 1.82) is 0 Å². The molecule has 0 spiro atoms. The second-order valence-corrected chi connectivity index (χ2v) is 6.03. The van der Waals surface area contributed by atoms with Crippen molar-refractivity contribution in [3.05, 3.63) is 71.3 Å². The number of aromatic nitrogens is 3. The van der Waals surface area contributed by atoms with Crippen LogP contribution in [0.5, 0.6) is 0 Å². The van der Waals surface area contributed by atoms with Crippen LogP contribution < -0.4 is 22.8 Å². The molecule has 0 saturated heterocycles. The van der Waals surface area contributed by atoms with E-state index in [1.54, 1.807) is 24.3 Å². The lowest BCUT2D eigenvalue weighted by atomic mass is 10.2. The van der Waals surface area contributed by atoms with E-state index in [4.69, 9.17) is 21.6 Å². The van der Waals surface area contributed by atoms with Crippen LogP contribution in [-0.4, -0.2) is 26.7 Å². The van der Waals surface area contributed by atoms with Gasteiger partial charge >= 0.3 is 5.63 Å². The molecule has 0 radical (unpaired) electrons. The van der Waals surface area contributed by atoms with Crippen LogP contribution in [0.2, 0.25) is 0 Å². The number of nitrogens with zero attached hydrogens (tertiary/aromatic N) is 5. The molecule has 0 aliphatic heterocycles. The molecule has 4 rings (SSSR count). The molecule has 144 valence electrons. The molecule has 10 nitrogen and oxygen atoms in total. The minimum atomic E-state index is -0.569. The van der Waals surface area contributed by atoms with Crippen molar-refractivity contribution in [1.82, 2.24) is 14.8 Å². The zero-order valence-corrected chi connectivity index (χ0v) is 15.1. The van der Waals surface area contributed by atoms with Crippen molar-refractivity contribution in [3.63, 3.8) is 0 Å². The van der Waals surface area contributed by atoms with Gasteiger partial charge < -0.3 is 21.6 Å². The Kier molecular flexibility index (Phi) is 4.49. The highest BCUT2D eigenvalue weighted by molar-refractivity contribution is 5.94. The number of benzene rings is 2. The normalized spacial score (nSPS) is 11.5. The Balaban J connectivity index is 1.72. The van der Waals surface area contributed by atoms with Crippen LogP contribution in [0.4, 0.5) is 5.69 Å². The Bertz CT molecular complexity index is 1300. The molecule has 0 atom stereocenters. The van der Waals surface area contributed by atoms with E-state index >= 15 is 0 Å². The largest absolute Gasteiger partial charge is 0.421 e. The van der Waals surface area contributed by atoms with Gasteiger partial charge in [-0.25, -0.2) is 19.5 Å². The Labute approximate surface area is 164 Å². The second kappa shape index (κ2) is 7.27. The smallest absolute Gasteiger partial charge is 0.362 e. The van der Waals surface area contributed by atoms with E-state index in [0.29, 0.717) is 22.5 Å². The third-order valence-electron chi connectivity index (χ3n) is 3.96. The lowest BCUT2D eigenvalue weighted by Gasteiger charge is -2.03. The molecule has 6 N–H and O–H groups in total. The minimum Gasteiger partial charge on any atom is -0.421 e. The summed E-state index contributed by atoms with van der Waals surface area (Å²) in [5.74, 6) is 0.190. The highest BCUT2D eigenvalue weighted by Crippen LogP contribution is 2.22. The van der Waals surface area contributed by atoms with Crippen molar-refractivity contribution in [2.75, 3.05) is 0 Å². The first-order valence-electron chi connectivity index (χ1n) is 8.49. The summed E-state index contributed by atoms with van der Waals surface area (Å²) in [4.78, 5) is 24.4. The lowest BCUT2D eigenvalue weighted by molar-refractivity contribution is 0.552. The summed E-state index contributed by atoms with van der Waals surface area (Å²) < 4.78 is 6.81. The van der Waals surface area contributed by atoms with Gasteiger partial charge in [-0.05, 0) is 18.2 Å². The van der Waals surface area contributed by atoms with Crippen LogP contribution >= 0.6 is 0 Å². The molecule has 4 aromatic rings. The van der Waals surface area contributed by atoms with Gasteiger partial charge in [0, 0.05) is 17.0 Å². The zero-order valence-electron chi connectivity index (χ0n) is 15.1. The number of hydrogen-bond acceptors (Lipinski definition) is 5. The first-order chi connectivity index (χ1) is 14.0. The summed E-state index contributed by atoms with van der Waals surface area (Å²) in [5.41, 5.74) is 17.4. The number of guanidine groups is 2. The SMILES string of the molecule is NC(N)=NC(N)=Nc1ccc2cc(-n3cnc(-c4ccccc4)n3)c(=O)oc2c1. The summed E-state index contributed by atoms with van der Waals surface area (Å²) in [6.07, 6.45) is 1.47. The molecule has 2 aromatic heterocycles. The van der Waals surface area contributed by atoms with Crippen LogP contribution in [0.1, 0.15) is 0 Å². The number of aliphatic imine (C=N–C) groups is 2. The van der Waals surface area contributed by atoms with Gasteiger partial charge in [0.1, 0.15) is 11.9 Å². The third-order valence-corrected chi connectivity index (χ3v) is 3.96. The lowest BCUT2D eigenvalue weighted by Crippen LogP contribution is -2.26. The Morgan fingerprint density at radius 1 is 1.03 bits per heavy atom. The maximum Gasteiger partial charge on any atom is 0.362 e. The van der Waals surface area contributed by atoms with E-state index in [9.17, 15) is 4.79 Å². The molecule has 2 aromatic carbocycles. The van der Waals surface area contributed by atoms with Crippen molar-refractivity contribution in [2.24, 2.45) is 27.2 Å². The van der Waals surface area contributed by atoms with Gasteiger partial charge in [-0.2, -0.15) is 4.99 Å². The van der Waals surface area contributed by atoms with E-state index in [0.717, 1.165) is 5.56 Å². The summed E-state index contributed by atoms with van der Waals surface area (Å²) in [7, 11) is 0. The van der Waals surface area contributed by atoms with E-state index in [1.165, 1.54) is 11.0 Å². The van der Waals surface area contributed by atoms with E-state index in [2.05, 4.69) is 20.1 Å². The van der Waals surface area contributed by atoms with Crippen molar-refractivity contribution >= 4 is 28.6 Å². The van der Waals surface area contributed by atoms with Gasteiger partial charge in [-0.1, -0.05) is 30.3 Å². The zero-order chi connectivity index (χ0) is 20.4. The fraction of sp³-hybridized carbons (Fsp3) is 0. The minimum absolute atomic E-state index is 0.112. The predicted molar refractivity (Wildman–Crippen MR) is 110 cm³/mol. The monoisotopic (exact) mass is 388 g/mol. The van der Waals surface area contributed by atoms with Crippen molar-refractivity contribution in [3.8, 4) is 17.1 Å². The van der Waals surface area contributed by atoms with Gasteiger partial charge in [0.25, 0.3) is 0 Å². The van der Waals surface area contributed by atoms with Crippen LogP contribution in [0.25, 0.3) is 28.0 Å². The maximum absolute atomic E-state index is 12.5. The average Bonchev–Trinajstić information content (AvgIpc) is 3.17. The number of rotatable bonds is 3. The van der Waals surface area contributed by atoms with Gasteiger partial charge in [0.2, 0.25) is 5.96 Å². The fourth-order valence-corrected chi connectivity index (χ4v) is 2.71. The molecule has 0 aliphatic carbocycles. The standard InChI is InChI=1S/C19H16N8O2/c20-18(21)25-19(22)24-13-7-6-12-8-14(17(28)29-15(12)9-13)27-10-23-16(26-27)11-4-2-1-3-5-11/h1-10H,(H6,20,21,22,24,25). The molecular formula is C19H16N8O2. The fourth-order valence-electron chi connectivity index (χ4n) is 2.71. The van der Waals surface area contributed by atoms with Gasteiger partial charge in [0.15, 0.2) is 17.5 Å². The van der Waals surface area contributed by atoms with Gasteiger partial charge in [-0.15, -0.1) is 5.10 Å². The summed E-state index contributed by atoms with van der Waals surface area (Å²) in [6.45, 7) is 0. The second-order valence-electron chi connectivity index (χ2n) is 6.03. The molecule has 29 heavy (non-hydrogen) atoms. The van der Waals surface area contributed by atoms with Gasteiger partial charge in [-0.3, -0.25) is 0 Å². The third kappa shape index (κ3) is 3.81.